The summed E-state index contributed by atoms with van der Waals surface area (Å²) < 4.78 is 24.0. The Morgan fingerprint density at radius 2 is 1.88 bits per heavy atom. The van der Waals surface area contributed by atoms with E-state index in [2.05, 4.69) is 45.5 Å². The average molecular weight is 485 g/mol. The van der Waals surface area contributed by atoms with E-state index in [9.17, 15) is 9.50 Å². The molecule has 184 valence electrons. The van der Waals surface area contributed by atoms with Gasteiger partial charge in [0.25, 0.3) is 0 Å². The molecule has 2 aromatic heterocycles. The van der Waals surface area contributed by atoms with Crippen LogP contribution in [0, 0.1) is 5.82 Å². The number of benzene rings is 1. The predicted molar refractivity (Wildman–Crippen MR) is 137 cm³/mol. The van der Waals surface area contributed by atoms with Gasteiger partial charge < -0.3 is 9.53 Å². The summed E-state index contributed by atoms with van der Waals surface area (Å²) in [7, 11) is -0.133. The molecule has 8 heteroatoms. The quantitative estimate of drug-likeness (QED) is 0.394. The van der Waals surface area contributed by atoms with E-state index >= 15 is 0 Å². The molecule has 34 heavy (non-hydrogen) atoms. The van der Waals surface area contributed by atoms with E-state index in [4.69, 9.17) is 9.52 Å². The summed E-state index contributed by atoms with van der Waals surface area (Å²) in [6, 6.07) is 4.40. The number of hydrogen-bond donors (Lipinski definition) is 1. The number of aliphatic hydroxyl groups is 1. The molecule has 0 amide bonds. The molecule has 3 rings (SSSR count). The van der Waals surface area contributed by atoms with Gasteiger partial charge in [-0.1, -0.05) is 27.4 Å². The van der Waals surface area contributed by atoms with Gasteiger partial charge in [-0.25, -0.2) is 4.39 Å². The van der Waals surface area contributed by atoms with Crippen LogP contribution in [0.5, 0.6) is 0 Å². The van der Waals surface area contributed by atoms with Crippen molar-refractivity contribution in [2.75, 3.05) is 0 Å². The fourth-order valence-corrected chi connectivity index (χ4v) is 4.53. The zero-order valence-corrected chi connectivity index (χ0v) is 22.6. The second-order valence-electron chi connectivity index (χ2n) is 10.3. The van der Waals surface area contributed by atoms with Gasteiger partial charge in [0, 0.05) is 42.7 Å². The van der Waals surface area contributed by atoms with Crippen molar-refractivity contribution >= 4 is 13.9 Å². The topological polar surface area (TPSA) is 65.1 Å². The Morgan fingerprint density at radius 3 is 2.47 bits per heavy atom. The molecule has 1 aromatic carbocycles. The lowest BCUT2D eigenvalue weighted by Crippen LogP contribution is -2.40. The lowest BCUT2D eigenvalue weighted by molar-refractivity contribution is 0.199. The molecule has 0 bridgehead atoms. The van der Waals surface area contributed by atoms with Crippen molar-refractivity contribution in [3.63, 3.8) is 0 Å². The molecule has 0 spiro atoms. The summed E-state index contributed by atoms with van der Waals surface area (Å²) in [5.74, 6) is -0.398. The normalized spacial score (nSPS) is 13.4. The van der Waals surface area contributed by atoms with Gasteiger partial charge in [-0.2, -0.15) is 10.2 Å². The van der Waals surface area contributed by atoms with Gasteiger partial charge in [0.05, 0.1) is 18.4 Å². The van der Waals surface area contributed by atoms with Gasteiger partial charge >= 0.3 is 0 Å². The van der Waals surface area contributed by atoms with Gasteiger partial charge in [0.1, 0.15) is 11.5 Å². The number of aliphatic hydroxyl groups excluding tert-OH is 1. The minimum absolute atomic E-state index is 0.0913. The van der Waals surface area contributed by atoms with E-state index in [-0.39, 0.29) is 5.04 Å². The van der Waals surface area contributed by atoms with Gasteiger partial charge in [0.2, 0.25) is 0 Å². The fourth-order valence-electron chi connectivity index (χ4n) is 3.60. The molecule has 0 aliphatic heterocycles. The fraction of sp³-hybridized carbons (Fsp3) is 0.462. The molecule has 3 aromatic rings. The second-order valence-corrected chi connectivity index (χ2v) is 15.2. The molecule has 2 heterocycles. The van der Waals surface area contributed by atoms with Crippen LogP contribution in [-0.4, -0.2) is 33.0 Å². The van der Waals surface area contributed by atoms with Crippen LogP contribution in [0.25, 0.3) is 16.8 Å². The molecule has 1 N–H and O–H groups in total. The van der Waals surface area contributed by atoms with Crippen molar-refractivity contribution in [1.82, 2.24) is 19.6 Å². The highest BCUT2D eigenvalue weighted by molar-refractivity contribution is 6.74. The minimum Gasteiger partial charge on any atom is -0.411 e. The number of aryl methyl sites for hydroxylation is 2. The zero-order valence-electron chi connectivity index (χ0n) is 21.6. The standard InChI is InChI=1S/C26H37FN4O2Si/c1-10-31-15-22(24(28-31)16-33-34(8,9)26(4,5)6)17(2)23-14-30(7)29-25(23)20-12-11-19(27)13-21(20)18(3)32/h11-15,18,32H,2,10,16H2,1,3-9H3/t18-/m1/s1. The van der Waals surface area contributed by atoms with E-state index in [0.717, 1.165) is 28.9 Å². The van der Waals surface area contributed by atoms with Gasteiger partial charge in [-0.3, -0.25) is 9.36 Å². The van der Waals surface area contributed by atoms with E-state index in [1.54, 1.807) is 17.7 Å². The van der Waals surface area contributed by atoms with Crippen molar-refractivity contribution in [3.8, 4) is 11.3 Å². The lowest BCUT2D eigenvalue weighted by atomic mass is 9.93. The van der Waals surface area contributed by atoms with E-state index < -0.39 is 20.2 Å². The van der Waals surface area contributed by atoms with Crippen molar-refractivity contribution in [3.05, 3.63) is 65.4 Å². The highest BCUT2D eigenvalue weighted by Gasteiger charge is 2.37. The smallest absolute Gasteiger partial charge is 0.192 e. The molecule has 1 atom stereocenters. The first-order chi connectivity index (χ1) is 15.7. The summed E-state index contributed by atoms with van der Waals surface area (Å²) in [5.41, 5.74) is 5.10. The highest BCUT2D eigenvalue weighted by atomic mass is 28.4. The Bertz CT molecular complexity index is 1190. The summed E-state index contributed by atoms with van der Waals surface area (Å²) >= 11 is 0. The predicted octanol–water partition coefficient (Wildman–Crippen LogP) is 6.08. The van der Waals surface area contributed by atoms with Crippen molar-refractivity contribution < 1.29 is 13.9 Å². The number of hydrogen-bond acceptors (Lipinski definition) is 4. The summed E-state index contributed by atoms with van der Waals surface area (Å²) in [5, 5.41) is 19.8. The monoisotopic (exact) mass is 484 g/mol. The summed E-state index contributed by atoms with van der Waals surface area (Å²) in [4.78, 5) is 0. The second kappa shape index (κ2) is 9.60. The third-order valence-electron chi connectivity index (χ3n) is 6.74. The first-order valence-electron chi connectivity index (χ1n) is 11.7. The third-order valence-corrected chi connectivity index (χ3v) is 11.2. The van der Waals surface area contributed by atoms with Gasteiger partial charge in [-0.05, 0) is 61.3 Å². The van der Waals surface area contributed by atoms with Crippen LogP contribution < -0.4 is 0 Å². The van der Waals surface area contributed by atoms with Gasteiger partial charge in [0.15, 0.2) is 8.32 Å². The molecule has 0 aliphatic carbocycles. The average Bonchev–Trinajstić information content (AvgIpc) is 3.34. The maximum atomic E-state index is 13.9. The van der Waals surface area contributed by atoms with E-state index in [0.29, 0.717) is 23.4 Å². The lowest BCUT2D eigenvalue weighted by Gasteiger charge is -2.36. The highest BCUT2D eigenvalue weighted by Crippen LogP contribution is 2.39. The molecule has 0 unspecified atom stereocenters. The molecule has 0 aliphatic rings. The maximum absolute atomic E-state index is 13.9. The van der Waals surface area contributed by atoms with Crippen molar-refractivity contribution in [2.24, 2.45) is 7.05 Å². The number of nitrogens with zero attached hydrogens (tertiary/aromatic N) is 4. The van der Waals surface area contributed by atoms with E-state index in [1.165, 1.54) is 12.1 Å². The largest absolute Gasteiger partial charge is 0.411 e. The third kappa shape index (κ3) is 5.24. The Kier molecular flexibility index (Phi) is 7.36. The number of halogens is 1. The summed E-state index contributed by atoms with van der Waals surface area (Å²) in [6.45, 7) is 20.3. The SMILES string of the molecule is C=C(c1cn(CC)nc1CO[Si](C)(C)C(C)(C)C)c1cn(C)nc1-c1ccc(F)cc1[C@@H](C)O. The first kappa shape index (κ1) is 26.1. The van der Waals surface area contributed by atoms with Crippen LogP contribution in [0.4, 0.5) is 4.39 Å². The summed E-state index contributed by atoms with van der Waals surface area (Å²) in [6.07, 6.45) is 3.04. The van der Waals surface area contributed by atoms with Crippen LogP contribution in [0.2, 0.25) is 18.1 Å². The Balaban J connectivity index is 2.05. The van der Waals surface area contributed by atoms with Crippen LogP contribution in [-0.2, 0) is 24.6 Å². The Labute approximate surface area is 203 Å². The molecule has 0 radical (unpaired) electrons. The zero-order chi connectivity index (χ0) is 25.4. The number of aromatic nitrogens is 4. The van der Waals surface area contributed by atoms with Crippen molar-refractivity contribution in [2.45, 2.75) is 72.0 Å². The molecule has 0 saturated carbocycles. The molecule has 0 fully saturated rings. The van der Waals surface area contributed by atoms with Crippen LogP contribution >= 0.6 is 0 Å². The van der Waals surface area contributed by atoms with E-state index in [1.807, 2.05) is 31.0 Å². The van der Waals surface area contributed by atoms with Crippen molar-refractivity contribution in [1.29, 1.82) is 0 Å². The minimum atomic E-state index is -1.97. The Hall–Kier alpha value is -2.55. The van der Waals surface area contributed by atoms with Crippen LogP contribution in [0.15, 0.2) is 37.2 Å². The molecular formula is C26H37FN4O2Si. The van der Waals surface area contributed by atoms with Gasteiger partial charge in [-0.15, -0.1) is 0 Å². The molecule has 0 saturated heterocycles. The Morgan fingerprint density at radius 1 is 1.21 bits per heavy atom. The molecular weight excluding hydrogens is 447 g/mol. The maximum Gasteiger partial charge on any atom is 0.192 e. The van der Waals surface area contributed by atoms with Crippen LogP contribution in [0.3, 0.4) is 0 Å². The molecule has 6 nitrogen and oxygen atoms in total. The number of rotatable bonds is 8. The first-order valence-corrected chi connectivity index (χ1v) is 14.6. The van der Waals surface area contributed by atoms with Crippen LogP contribution in [0.1, 0.15) is 63.1 Å².